The average molecular weight is 231 g/mol. The summed E-state index contributed by atoms with van der Waals surface area (Å²) < 4.78 is 5.62. The predicted molar refractivity (Wildman–Crippen MR) is 51.3 cm³/mol. The molecule has 2 bridgehead atoms. The first kappa shape index (κ1) is 7.81. The number of methoxy groups -OCH3 is 1. The van der Waals surface area contributed by atoms with Crippen LogP contribution in [0.15, 0.2) is 0 Å². The van der Waals surface area contributed by atoms with Gasteiger partial charge in [0, 0.05) is 11.9 Å². The van der Waals surface area contributed by atoms with E-state index in [2.05, 4.69) is 15.9 Å². The smallest absolute Gasteiger partial charge is 0.0643 e. The molecule has 12 heavy (non-hydrogen) atoms. The molecule has 3 unspecified atom stereocenters. The number of rotatable bonds is 1. The standard InChI is InChI=1S/C10H15BrO/c1-12-10-6-3-2-5-7(9(5)10)4-8(6)11/h5-10H,2-4H2,1H3/t5-,6+,7?,8+,9?,10?/m0/s1. The molecular weight excluding hydrogens is 216 g/mol. The summed E-state index contributed by atoms with van der Waals surface area (Å²) in [5, 5.41) is 0. The Balaban J connectivity index is 1.89. The zero-order valence-corrected chi connectivity index (χ0v) is 8.96. The maximum Gasteiger partial charge on any atom is 0.0643 e. The van der Waals surface area contributed by atoms with E-state index in [0.29, 0.717) is 6.10 Å². The van der Waals surface area contributed by atoms with Crippen molar-refractivity contribution in [3.8, 4) is 0 Å². The molecule has 3 saturated carbocycles. The minimum Gasteiger partial charge on any atom is -0.381 e. The summed E-state index contributed by atoms with van der Waals surface area (Å²) in [6.07, 6.45) is 4.88. The van der Waals surface area contributed by atoms with Crippen molar-refractivity contribution in [2.75, 3.05) is 7.11 Å². The van der Waals surface area contributed by atoms with Crippen LogP contribution in [0.1, 0.15) is 19.3 Å². The quantitative estimate of drug-likeness (QED) is 0.630. The zero-order valence-electron chi connectivity index (χ0n) is 7.37. The second kappa shape index (κ2) is 2.48. The van der Waals surface area contributed by atoms with Crippen LogP contribution in [0.5, 0.6) is 0 Å². The van der Waals surface area contributed by atoms with E-state index >= 15 is 0 Å². The summed E-state index contributed by atoms with van der Waals surface area (Å²) in [7, 11) is 1.89. The van der Waals surface area contributed by atoms with E-state index in [1.807, 2.05) is 7.11 Å². The first-order chi connectivity index (χ1) is 5.83. The second-order valence-corrected chi connectivity index (χ2v) is 5.77. The predicted octanol–water partition coefficient (Wildman–Crippen LogP) is 2.44. The Hall–Kier alpha value is 0.440. The lowest BCUT2D eigenvalue weighted by Gasteiger charge is -2.35. The lowest BCUT2D eigenvalue weighted by atomic mass is 9.81. The van der Waals surface area contributed by atoms with Gasteiger partial charge in [0.1, 0.15) is 0 Å². The van der Waals surface area contributed by atoms with Crippen molar-refractivity contribution in [3.63, 3.8) is 0 Å². The minimum absolute atomic E-state index is 0.590. The second-order valence-electron chi connectivity index (χ2n) is 4.60. The molecule has 0 aromatic carbocycles. The van der Waals surface area contributed by atoms with Gasteiger partial charge in [0.25, 0.3) is 0 Å². The first-order valence-corrected chi connectivity index (χ1v) is 5.91. The van der Waals surface area contributed by atoms with Gasteiger partial charge in [0.05, 0.1) is 6.10 Å². The lowest BCUT2D eigenvalue weighted by Crippen LogP contribution is -2.37. The Kier molecular flexibility index (Phi) is 1.61. The van der Waals surface area contributed by atoms with Gasteiger partial charge in [-0.2, -0.15) is 0 Å². The molecule has 0 aromatic rings. The van der Waals surface area contributed by atoms with Crippen LogP contribution < -0.4 is 0 Å². The van der Waals surface area contributed by atoms with E-state index in [9.17, 15) is 0 Å². The molecule has 0 amide bonds. The molecule has 0 aliphatic heterocycles. The summed E-state index contributed by atoms with van der Waals surface area (Å²) in [6, 6.07) is 0. The van der Waals surface area contributed by atoms with Crippen molar-refractivity contribution < 1.29 is 4.74 Å². The fraction of sp³-hybridized carbons (Fsp3) is 1.00. The molecule has 3 rings (SSSR count). The number of alkyl halides is 1. The van der Waals surface area contributed by atoms with Crippen LogP contribution in [0, 0.1) is 23.7 Å². The molecule has 6 atom stereocenters. The summed E-state index contributed by atoms with van der Waals surface area (Å²) in [4.78, 5) is 0.746. The van der Waals surface area contributed by atoms with Gasteiger partial charge in [-0.25, -0.2) is 0 Å². The third-order valence-electron chi connectivity index (χ3n) is 4.27. The Morgan fingerprint density at radius 2 is 1.92 bits per heavy atom. The van der Waals surface area contributed by atoms with E-state index < -0.39 is 0 Å². The molecule has 0 aromatic heterocycles. The average Bonchev–Trinajstić information content (AvgIpc) is 2.79. The molecule has 3 aliphatic rings. The highest BCUT2D eigenvalue weighted by Gasteiger charge is 2.63. The van der Waals surface area contributed by atoms with Gasteiger partial charge < -0.3 is 4.74 Å². The van der Waals surface area contributed by atoms with E-state index in [1.54, 1.807) is 0 Å². The van der Waals surface area contributed by atoms with Gasteiger partial charge in [-0.3, -0.25) is 0 Å². The fourth-order valence-electron chi connectivity index (χ4n) is 3.69. The number of ether oxygens (including phenoxy) is 1. The van der Waals surface area contributed by atoms with Crippen LogP contribution >= 0.6 is 15.9 Å². The molecule has 0 N–H and O–H groups in total. The van der Waals surface area contributed by atoms with Gasteiger partial charge in [0.2, 0.25) is 0 Å². The highest BCUT2D eigenvalue weighted by molar-refractivity contribution is 9.09. The van der Waals surface area contributed by atoms with Crippen molar-refractivity contribution in [1.82, 2.24) is 0 Å². The van der Waals surface area contributed by atoms with Crippen LogP contribution in [-0.2, 0) is 4.74 Å². The summed E-state index contributed by atoms with van der Waals surface area (Å²) in [5.41, 5.74) is 0. The largest absolute Gasteiger partial charge is 0.381 e. The Morgan fingerprint density at radius 1 is 1.17 bits per heavy atom. The van der Waals surface area contributed by atoms with Gasteiger partial charge in [-0.1, -0.05) is 15.9 Å². The van der Waals surface area contributed by atoms with Crippen molar-refractivity contribution >= 4 is 15.9 Å². The molecule has 2 heteroatoms. The van der Waals surface area contributed by atoms with Crippen LogP contribution in [0.25, 0.3) is 0 Å². The number of fused-ring (bicyclic) bond motifs is 2. The lowest BCUT2D eigenvalue weighted by molar-refractivity contribution is 0.000715. The van der Waals surface area contributed by atoms with E-state index in [0.717, 1.165) is 28.5 Å². The maximum atomic E-state index is 5.62. The Bertz CT molecular complexity index is 206. The van der Waals surface area contributed by atoms with Crippen molar-refractivity contribution in [2.24, 2.45) is 23.7 Å². The summed E-state index contributed by atoms with van der Waals surface area (Å²) in [5.74, 6) is 3.81. The van der Waals surface area contributed by atoms with Crippen LogP contribution in [-0.4, -0.2) is 18.0 Å². The monoisotopic (exact) mass is 230 g/mol. The van der Waals surface area contributed by atoms with Crippen molar-refractivity contribution in [2.45, 2.75) is 30.2 Å². The molecule has 0 radical (unpaired) electrons. The molecule has 68 valence electrons. The molecule has 1 nitrogen and oxygen atoms in total. The third-order valence-corrected chi connectivity index (χ3v) is 5.32. The summed E-state index contributed by atoms with van der Waals surface area (Å²) in [6.45, 7) is 0. The topological polar surface area (TPSA) is 9.23 Å². The highest BCUT2D eigenvalue weighted by atomic mass is 79.9. The van der Waals surface area contributed by atoms with Crippen LogP contribution in [0.3, 0.4) is 0 Å². The van der Waals surface area contributed by atoms with Crippen molar-refractivity contribution in [3.05, 3.63) is 0 Å². The van der Waals surface area contributed by atoms with Gasteiger partial charge in [0.15, 0.2) is 0 Å². The summed E-state index contributed by atoms with van der Waals surface area (Å²) >= 11 is 3.81. The van der Waals surface area contributed by atoms with Crippen LogP contribution in [0.2, 0.25) is 0 Å². The van der Waals surface area contributed by atoms with E-state index in [-0.39, 0.29) is 0 Å². The van der Waals surface area contributed by atoms with Gasteiger partial charge in [-0.15, -0.1) is 0 Å². The zero-order chi connectivity index (χ0) is 8.29. The number of hydrogen-bond donors (Lipinski definition) is 0. The normalized spacial score (nSPS) is 61.5. The molecule has 0 spiro atoms. The Morgan fingerprint density at radius 3 is 2.67 bits per heavy atom. The number of hydrogen-bond acceptors (Lipinski definition) is 1. The molecular formula is C10H15BrO. The van der Waals surface area contributed by atoms with Crippen LogP contribution in [0.4, 0.5) is 0 Å². The Labute approximate surface area is 82.0 Å². The number of halogens is 1. The molecule has 3 aliphatic carbocycles. The van der Waals surface area contributed by atoms with E-state index in [4.69, 9.17) is 4.74 Å². The maximum absolute atomic E-state index is 5.62. The van der Waals surface area contributed by atoms with E-state index in [1.165, 1.54) is 19.3 Å². The minimum atomic E-state index is 0.590. The van der Waals surface area contributed by atoms with Crippen molar-refractivity contribution in [1.29, 1.82) is 0 Å². The first-order valence-electron chi connectivity index (χ1n) is 5.00. The molecule has 0 saturated heterocycles. The molecule has 0 heterocycles. The SMILES string of the molecule is COC1C2C3C[C@@H](Br)[C@H]1CC[C@@H]32. The third kappa shape index (κ3) is 0.832. The van der Waals surface area contributed by atoms with Gasteiger partial charge >= 0.3 is 0 Å². The van der Waals surface area contributed by atoms with Gasteiger partial charge in [-0.05, 0) is 42.9 Å². The molecule has 3 fully saturated rings. The fourth-order valence-corrected chi connectivity index (χ4v) is 4.69. The highest BCUT2D eigenvalue weighted by Crippen LogP contribution is 2.65.